The summed E-state index contributed by atoms with van der Waals surface area (Å²) in [6.45, 7) is 0. The van der Waals surface area contributed by atoms with Crippen LogP contribution >= 0.6 is 45.9 Å². The molecule has 0 aliphatic heterocycles. The Hall–Kier alpha value is -2.59. The van der Waals surface area contributed by atoms with Crippen LogP contribution in [-0.2, 0) is 0 Å². The van der Waals surface area contributed by atoms with Crippen LogP contribution in [0.2, 0.25) is 10.3 Å². The van der Waals surface area contributed by atoms with E-state index >= 15 is 0 Å². The Kier molecular flexibility index (Phi) is 3.48. The number of thiophene rings is 2. The lowest BCUT2D eigenvalue weighted by atomic mass is 9.99. The zero-order valence-electron chi connectivity index (χ0n) is 13.6. The second-order valence-electron chi connectivity index (χ2n) is 5.93. The van der Waals surface area contributed by atoms with E-state index in [4.69, 9.17) is 28.2 Å². The molecular formula is C17H5Cl2N7S2. The summed E-state index contributed by atoms with van der Waals surface area (Å²) in [6, 6.07) is 10.0. The van der Waals surface area contributed by atoms with Gasteiger partial charge in [0, 0.05) is 16.3 Å². The van der Waals surface area contributed by atoms with Crippen molar-refractivity contribution < 1.29 is 0 Å². The van der Waals surface area contributed by atoms with Crippen molar-refractivity contribution in [2.24, 2.45) is 0 Å². The van der Waals surface area contributed by atoms with Gasteiger partial charge in [0.1, 0.15) is 20.7 Å². The summed E-state index contributed by atoms with van der Waals surface area (Å²) in [7, 11) is 0. The van der Waals surface area contributed by atoms with Gasteiger partial charge in [-0.15, -0.1) is 43.1 Å². The molecule has 5 aromatic heterocycles. The van der Waals surface area contributed by atoms with Crippen LogP contribution in [0.15, 0.2) is 30.3 Å². The predicted molar refractivity (Wildman–Crippen MR) is 112 cm³/mol. The molecule has 11 heteroatoms. The molecule has 6 aromatic rings. The van der Waals surface area contributed by atoms with Crippen molar-refractivity contribution in [2.45, 2.75) is 0 Å². The molecule has 0 aliphatic carbocycles. The number of pyridine rings is 1. The van der Waals surface area contributed by atoms with Gasteiger partial charge >= 0.3 is 0 Å². The maximum absolute atomic E-state index is 6.27. The van der Waals surface area contributed by atoms with Crippen LogP contribution in [-0.4, -0.2) is 35.8 Å². The standard InChI is InChI=1S/C17H5Cl2N7S2/c18-14-12-10(21-25-23-14)8-7(6-4-2-1-3-5-6)9-11-13(15(19)24-26-22-11)28-17(9)20-16(8)27-12/h1-5H. The lowest BCUT2D eigenvalue weighted by molar-refractivity contribution is 0.899. The SMILES string of the molecule is Clc1nnnc2c1sc1nc3sc4c(Cl)nnnc4c3c(-c3ccccc3)c12. The van der Waals surface area contributed by atoms with Crippen LogP contribution in [0.5, 0.6) is 0 Å². The number of hydrogen-bond donors (Lipinski definition) is 0. The first kappa shape index (κ1) is 16.4. The molecule has 134 valence electrons. The zero-order chi connectivity index (χ0) is 18.8. The molecule has 0 saturated carbocycles. The highest BCUT2D eigenvalue weighted by Crippen LogP contribution is 2.47. The summed E-state index contributed by atoms with van der Waals surface area (Å²) in [5, 5.41) is 26.2. The van der Waals surface area contributed by atoms with Crippen LogP contribution in [0.4, 0.5) is 0 Å². The number of benzene rings is 1. The van der Waals surface area contributed by atoms with Gasteiger partial charge in [0.05, 0.1) is 9.40 Å². The van der Waals surface area contributed by atoms with Crippen molar-refractivity contribution in [1.29, 1.82) is 0 Å². The molecule has 0 aliphatic rings. The molecular weight excluding hydrogens is 437 g/mol. The summed E-state index contributed by atoms with van der Waals surface area (Å²) < 4.78 is 1.51. The summed E-state index contributed by atoms with van der Waals surface area (Å²) in [6.07, 6.45) is 0. The Morgan fingerprint density at radius 3 is 1.75 bits per heavy atom. The third-order valence-electron chi connectivity index (χ3n) is 4.42. The van der Waals surface area contributed by atoms with E-state index in [-0.39, 0.29) is 0 Å². The first-order valence-electron chi connectivity index (χ1n) is 8.00. The lowest BCUT2D eigenvalue weighted by Crippen LogP contribution is -1.90. The summed E-state index contributed by atoms with van der Waals surface area (Å²) in [5.41, 5.74) is 3.29. The van der Waals surface area contributed by atoms with Crippen molar-refractivity contribution in [3.05, 3.63) is 40.6 Å². The smallest absolute Gasteiger partial charge is 0.172 e. The van der Waals surface area contributed by atoms with Crippen LogP contribution in [0.1, 0.15) is 0 Å². The highest BCUT2D eigenvalue weighted by Gasteiger charge is 2.23. The van der Waals surface area contributed by atoms with Gasteiger partial charge in [0.15, 0.2) is 10.3 Å². The van der Waals surface area contributed by atoms with Gasteiger partial charge in [-0.1, -0.05) is 53.5 Å². The van der Waals surface area contributed by atoms with Gasteiger partial charge in [0.25, 0.3) is 0 Å². The summed E-state index contributed by atoms with van der Waals surface area (Å²) in [5.74, 6) is 0. The fourth-order valence-corrected chi connectivity index (χ4v) is 5.84. The average Bonchev–Trinajstić information content (AvgIpc) is 3.27. The Morgan fingerprint density at radius 1 is 0.679 bits per heavy atom. The molecule has 0 unspecified atom stereocenters. The lowest BCUT2D eigenvalue weighted by Gasteiger charge is -2.06. The molecule has 28 heavy (non-hydrogen) atoms. The molecule has 5 heterocycles. The number of nitrogens with zero attached hydrogens (tertiary/aromatic N) is 7. The van der Waals surface area contributed by atoms with Gasteiger partial charge < -0.3 is 0 Å². The number of hydrogen-bond acceptors (Lipinski definition) is 9. The van der Waals surface area contributed by atoms with E-state index in [1.165, 1.54) is 22.7 Å². The molecule has 1 aromatic carbocycles. The second kappa shape index (κ2) is 5.95. The Morgan fingerprint density at radius 2 is 1.21 bits per heavy atom. The number of halogens is 2. The quantitative estimate of drug-likeness (QED) is 0.347. The number of fused-ring (bicyclic) bond motifs is 6. The van der Waals surface area contributed by atoms with Crippen molar-refractivity contribution in [3.8, 4) is 11.1 Å². The Balaban J connectivity index is 1.95. The zero-order valence-corrected chi connectivity index (χ0v) is 16.7. The van der Waals surface area contributed by atoms with Crippen LogP contribution in [0, 0.1) is 0 Å². The van der Waals surface area contributed by atoms with Gasteiger partial charge in [0.2, 0.25) is 0 Å². The third-order valence-corrected chi connectivity index (χ3v) is 7.34. The highest BCUT2D eigenvalue weighted by atomic mass is 35.5. The van der Waals surface area contributed by atoms with Crippen molar-refractivity contribution in [1.82, 2.24) is 35.8 Å². The van der Waals surface area contributed by atoms with E-state index < -0.39 is 0 Å². The molecule has 0 N–H and O–H groups in total. The highest BCUT2D eigenvalue weighted by molar-refractivity contribution is 7.28. The molecule has 0 atom stereocenters. The third kappa shape index (κ3) is 2.18. The first-order chi connectivity index (χ1) is 13.7. The van der Waals surface area contributed by atoms with Crippen LogP contribution < -0.4 is 0 Å². The van der Waals surface area contributed by atoms with Crippen molar-refractivity contribution in [3.63, 3.8) is 0 Å². The molecule has 0 amide bonds. The largest absolute Gasteiger partial charge is 0.226 e. The Bertz CT molecular complexity index is 1450. The molecule has 6 rings (SSSR count). The van der Waals surface area contributed by atoms with E-state index in [2.05, 4.69) is 30.8 Å². The van der Waals surface area contributed by atoms with Gasteiger partial charge in [-0.05, 0) is 16.0 Å². The van der Waals surface area contributed by atoms with E-state index in [1.807, 2.05) is 30.3 Å². The van der Waals surface area contributed by atoms with Crippen molar-refractivity contribution >= 4 is 86.7 Å². The summed E-state index contributed by atoms with van der Waals surface area (Å²) in [4.78, 5) is 6.45. The molecule has 7 nitrogen and oxygen atoms in total. The van der Waals surface area contributed by atoms with Gasteiger partial charge in [-0.2, -0.15) is 0 Å². The maximum Gasteiger partial charge on any atom is 0.172 e. The minimum atomic E-state index is 0.312. The minimum absolute atomic E-state index is 0.312. The molecule has 0 bridgehead atoms. The fraction of sp³-hybridized carbons (Fsp3) is 0. The minimum Gasteiger partial charge on any atom is -0.226 e. The second-order valence-corrected chi connectivity index (χ2v) is 8.65. The van der Waals surface area contributed by atoms with Crippen molar-refractivity contribution in [2.75, 3.05) is 0 Å². The fourth-order valence-electron chi connectivity index (χ4n) is 3.31. The number of aromatic nitrogens is 7. The normalized spacial score (nSPS) is 11.9. The van der Waals surface area contributed by atoms with E-state index in [9.17, 15) is 0 Å². The Labute approximate surface area is 174 Å². The topological polar surface area (TPSA) is 90.2 Å². The van der Waals surface area contributed by atoms with Gasteiger partial charge in [-0.3, -0.25) is 0 Å². The van der Waals surface area contributed by atoms with Crippen LogP contribution in [0.3, 0.4) is 0 Å². The van der Waals surface area contributed by atoms with E-state index in [0.717, 1.165) is 41.0 Å². The molecule has 0 saturated heterocycles. The predicted octanol–water partition coefficient (Wildman–Crippen LogP) is 5.16. The average molecular weight is 442 g/mol. The summed E-state index contributed by atoms with van der Waals surface area (Å²) >= 11 is 15.4. The molecule has 0 spiro atoms. The molecule has 0 radical (unpaired) electrons. The van der Waals surface area contributed by atoms with Gasteiger partial charge in [-0.25, -0.2) is 4.98 Å². The van der Waals surface area contributed by atoms with E-state index in [0.29, 0.717) is 21.3 Å². The van der Waals surface area contributed by atoms with Crippen LogP contribution in [0.25, 0.3) is 52.0 Å². The number of rotatable bonds is 1. The monoisotopic (exact) mass is 441 g/mol. The maximum atomic E-state index is 6.27. The van der Waals surface area contributed by atoms with E-state index in [1.54, 1.807) is 0 Å². The molecule has 0 fully saturated rings. The first-order valence-corrected chi connectivity index (χ1v) is 10.4.